The number of aromatic amines is 2. The second kappa shape index (κ2) is 7.26. The molecular weight excluding hydrogens is 370 g/mol. The van der Waals surface area contributed by atoms with Gasteiger partial charge in [-0.3, -0.25) is 4.90 Å². The lowest BCUT2D eigenvalue weighted by Crippen LogP contribution is -2.28. The minimum Gasteiger partial charge on any atom is -0.346 e. The van der Waals surface area contributed by atoms with Crippen molar-refractivity contribution >= 4 is 28.2 Å². The van der Waals surface area contributed by atoms with Crippen LogP contribution in [0.2, 0.25) is 5.02 Å². The van der Waals surface area contributed by atoms with E-state index in [1.54, 1.807) is 0 Å². The Morgan fingerprint density at radius 3 is 2.82 bits per heavy atom. The molecule has 0 saturated carbocycles. The van der Waals surface area contributed by atoms with Crippen molar-refractivity contribution in [3.63, 3.8) is 0 Å². The van der Waals surface area contributed by atoms with Crippen LogP contribution in [0.3, 0.4) is 0 Å². The van der Waals surface area contributed by atoms with Crippen molar-refractivity contribution in [1.29, 1.82) is 0 Å². The molecule has 0 radical (unpaired) electrons. The molecule has 3 aromatic heterocycles. The average molecular weight is 390 g/mol. The van der Waals surface area contributed by atoms with Crippen molar-refractivity contribution < 1.29 is 0 Å². The van der Waals surface area contributed by atoms with Crippen LogP contribution in [0, 0.1) is 0 Å². The van der Waals surface area contributed by atoms with E-state index in [1.807, 2.05) is 42.7 Å². The molecule has 0 saturated heterocycles. The third kappa shape index (κ3) is 3.35. The molecule has 1 aliphatic rings. The van der Waals surface area contributed by atoms with Crippen LogP contribution >= 0.6 is 11.6 Å². The van der Waals surface area contributed by atoms with E-state index in [9.17, 15) is 0 Å². The first-order chi connectivity index (χ1) is 13.8. The zero-order valence-electron chi connectivity index (χ0n) is 15.3. The molecule has 4 heterocycles. The van der Waals surface area contributed by atoms with Gasteiger partial charge in [-0.2, -0.15) is 0 Å². The van der Waals surface area contributed by atoms with Crippen molar-refractivity contribution in [3.05, 3.63) is 77.3 Å². The largest absolute Gasteiger partial charge is 0.346 e. The van der Waals surface area contributed by atoms with Gasteiger partial charge >= 0.3 is 0 Å². The van der Waals surface area contributed by atoms with Gasteiger partial charge in [0.25, 0.3) is 0 Å². The van der Waals surface area contributed by atoms with Crippen molar-refractivity contribution in [3.8, 4) is 11.4 Å². The molecule has 0 amide bonds. The second-order valence-electron chi connectivity index (χ2n) is 7.08. The normalized spacial score (nSPS) is 15.1. The fourth-order valence-electron chi connectivity index (χ4n) is 3.76. The lowest BCUT2D eigenvalue weighted by Gasteiger charge is -2.25. The highest BCUT2D eigenvalue weighted by Crippen LogP contribution is 2.28. The van der Waals surface area contributed by atoms with Gasteiger partial charge in [-0.1, -0.05) is 17.7 Å². The molecule has 28 heavy (non-hydrogen) atoms. The fourth-order valence-corrected chi connectivity index (χ4v) is 3.88. The molecule has 0 unspecified atom stereocenters. The summed E-state index contributed by atoms with van der Waals surface area (Å²) >= 11 is 5.97. The summed E-state index contributed by atoms with van der Waals surface area (Å²) in [7, 11) is 0. The van der Waals surface area contributed by atoms with Crippen molar-refractivity contribution in [1.82, 2.24) is 24.8 Å². The van der Waals surface area contributed by atoms with Crippen LogP contribution in [0.25, 0.3) is 28.0 Å². The molecule has 1 aliphatic heterocycles. The number of nitrogens with one attached hydrogen (secondary N) is 2. The van der Waals surface area contributed by atoms with Crippen LogP contribution in [0.5, 0.6) is 0 Å². The summed E-state index contributed by atoms with van der Waals surface area (Å²) in [6.07, 6.45) is 9.18. The average Bonchev–Trinajstić information content (AvgIpc) is 3.36. The van der Waals surface area contributed by atoms with E-state index in [0.717, 1.165) is 53.8 Å². The first-order valence-electron chi connectivity index (χ1n) is 9.40. The van der Waals surface area contributed by atoms with Gasteiger partial charge in [0.2, 0.25) is 0 Å². The minimum atomic E-state index is 0.734. The zero-order chi connectivity index (χ0) is 18.9. The molecule has 0 fully saturated rings. The van der Waals surface area contributed by atoms with Crippen molar-refractivity contribution in [2.24, 2.45) is 0 Å². The molecule has 0 bridgehead atoms. The summed E-state index contributed by atoms with van der Waals surface area (Å²) in [5.41, 5.74) is 5.78. The third-order valence-electron chi connectivity index (χ3n) is 5.23. The van der Waals surface area contributed by atoms with Crippen LogP contribution in [0.1, 0.15) is 17.7 Å². The Morgan fingerprint density at radius 2 is 2.00 bits per heavy atom. The first-order valence-corrected chi connectivity index (χ1v) is 9.78. The van der Waals surface area contributed by atoms with Crippen molar-refractivity contribution in [2.45, 2.75) is 13.0 Å². The quantitative estimate of drug-likeness (QED) is 0.522. The summed E-state index contributed by atoms with van der Waals surface area (Å²) in [4.78, 5) is 18.0. The monoisotopic (exact) mass is 389 g/mol. The molecule has 5 nitrogen and oxygen atoms in total. The molecule has 5 rings (SSSR count). The molecule has 0 aliphatic carbocycles. The predicted octanol–water partition coefficient (Wildman–Crippen LogP) is 4.90. The molecule has 0 atom stereocenters. The zero-order valence-corrected chi connectivity index (χ0v) is 16.1. The number of imidazole rings is 1. The maximum atomic E-state index is 5.97. The van der Waals surface area contributed by atoms with E-state index in [0.29, 0.717) is 0 Å². The summed E-state index contributed by atoms with van der Waals surface area (Å²) < 4.78 is 0. The number of pyridine rings is 1. The van der Waals surface area contributed by atoms with E-state index in [1.165, 1.54) is 16.5 Å². The van der Waals surface area contributed by atoms with Crippen LogP contribution in [0.4, 0.5) is 0 Å². The molecular formula is C22H20ClN5. The van der Waals surface area contributed by atoms with Crippen LogP contribution in [0.15, 0.2) is 61.1 Å². The standard InChI is InChI=1S/C22H20ClN5/c23-17-5-3-16(4-6-17)21-25-12-18(27-21)14-28-10-7-15(8-11-28)20-13-26-22-19(20)2-1-9-24-22/h1-7,9,12-13H,8,10-11,14H2,(H,24,26)(H,25,27). The van der Waals surface area contributed by atoms with Gasteiger partial charge in [0.15, 0.2) is 0 Å². The number of halogens is 1. The maximum Gasteiger partial charge on any atom is 0.137 e. The van der Waals surface area contributed by atoms with E-state index in [4.69, 9.17) is 11.6 Å². The van der Waals surface area contributed by atoms with E-state index < -0.39 is 0 Å². The van der Waals surface area contributed by atoms with Gasteiger partial charge in [0, 0.05) is 65.5 Å². The highest BCUT2D eigenvalue weighted by Gasteiger charge is 2.17. The van der Waals surface area contributed by atoms with Gasteiger partial charge in [0.1, 0.15) is 11.5 Å². The lowest BCUT2D eigenvalue weighted by atomic mass is 9.99. The summed E-state index contributed by atoms with van der Waals surface area (Å²) in [6.45, 7) is 2.81. The topological polar surface area (TPSA) is 60.6 Å². The number of hydrogen-bond donors (Lipinski definition) is 2. The Kier molecular flexibility index (Phi) is 4.47. The number of hydrogen-bond acceptors (Lipinski definition) is 3. The Labute approximate surface area is 168 Å². The predicted molar refractivity (Wildman–Crippen MR) is 113 cm³/mol. The Bertz CT molecular complexity index is 1140. The van der Waals surface area contributed by atoms with E-state index >= 15 is 0 Å². The summed E-state index contributed by atoms with van der Waals surface area (Å²) in [5, 5.41) is 1.93. The second-order valence-corrected chi connectivity index (χ2v) is 7.52. The minimum absolute atomic E-state index is 0.734. The first kappa shape index (κ1) is 17.2. The Morgan fingerprint density at radius 1 is 1.11 bits per heavy atom. The highest BCUT2D eigenvalue weighted by molar-refractivity contribution is 6.30. The Hall–Kier alpha value is -2.89. The molecule has 1 aromatic carbocycles. The van der Waals surface area contributed by atoms with Gasteiger partial charge in [0.05, 0.1) is 0 Å². The van der Waals surface area contributed by atoms with E-state index in [2.05, 4.69) is 43.2 Å². The summed E-state index contributed by atoms with van der Waals surface area (Å²) in [6, 6.07) is 11.9. The molecule has 140 valence electrons. The van der Waals surface area contributed by atoms with Crippen molar-refractivity contribution in [2.75, 3.05) is 13.1 Å². The Balaban J connectivity index is 1.28. The number of fused-ring (bicyclic) bond motifs is 1. The smallest absolute Gasteiger partial charge is 0.137 e. The molecule has 0 spiro atoms. The third-order valence-corrected chi connectivity index (χ3v) is 5.48. The molecule has 6 heteroatoms. The van der Waals surface area contributed by atoms with Crippen LogP contribution in [-0.4, -0.2) is 37.9 Å². The van der Waals surface area contributed by atoms with Gasteiger partial charge in [-0.15, -0.1) is 0 Å². The highest BCUT2D eigenvalue weighted by atomic mass is 35.5. The number of H-pyrrole nitrogens is 2. The number of nitrogens with zero attached hydrogens (tertiary/aromatic N) is 3. The summed E-state index contributed by atoms with van der Waals surface area (Å²) in [5.74, 6) is 0.881. The number of benzene rings is 1. The van der Waals surface area contributed by atoms with Gasteiger partial charge < -0.3 is 9.97 Å². The van der Waals surface area contributed by atoms with Crippen LogP contribution < -0.4 is 0 Å². The molecule has 2 N–H and O–H groups in total. The number of aromatic nitrogens is 4. The van der Waals surface area contributed by atoms with E-state index in [-0.39, 0.29) is 0 Å². The molecule has 4 aromatic rings. The lowest BCUT2D eigenvalue weighted by molar-refractivity contribution is 0.291. The van der Waals surface area contributed by atoms with Gasteiger partial charge in [-0.25, -0.2) is 9.97 Å². The van der Waals surface area contributed by atoms with Gasteiger partial charge in [-0.05, 0) is 48.4 Å². The maximum absolute atomic E-state index is 5.97. The fraction of sp³-hybridized carbons (Fsp3) is 0.182. The number of rotatable bonds is 4. The van der Waals surface area contributed by atoms with Crippen LogP contribution in [-0.2, 0) is 6.54 Å². The SMILES string of the molecule is Clc1ccc(-c2ncc(CN3CC=C(c4c[nH]c5ncccc45)CC3)[nH]2)cc1.